The van der Waals surface area contributed by atoms with Gasteiger partial charge in [0.1, 0.15) is 0 Å². The Kier molecular flexibility index (Phi) is 4.90. The molecule has 0 aliphatic heterocycles. The van der Waals surface area contributed by atoms with Gasteiger partial charge in [-0.15, -0.1) is 0 Å². The van der Waals surface area contributed by atoms with Crippen LogP contribution >= 0.6 is 0 Å². The number of carbonyl (C=O) groups excluding carboxylic acids is 1. The van der Waals surface area contributed by atoms with Crippen LogP contribution in [0.4, 0.5) is 0 Å². The Morgan fingerprint density at radius 3 is 2.20 bits per heavy atom. The van der Waals surface area contributed by atoms with Gasteiger partial charge in [0, 0.05) is 6.54 Å². The third-order valence-electron chi connectivity index (χ3n) is 3.18. The fourth-order valence-electron chi connectivity index (χ4n) is 1.51. The van der Waals surface area contributed by atoms with E-state index in [1.807, 2.05) is 6.92 Å². The van der Waals surface area contributed by atoms with Crippen molar-refractivity contribution in [1.29, 1.82) is 0 Å². The van der Waals surface area contributed by atoms with E-state index >= 15 is 0 Å². The molecule has 1 aromatic rings. The molecule has 1 atom stereocenters. The van der Waals surface area contributed by atoms with Gasteiger partial charge in [0.05, 0.1) is 16.4 Å². The van der Waals surface area contributed by atoms with Crippen molar-refractivity contribution in [2.45, 2.75) is 31.7 Å². The summed E-state index contributed by atoms with van der Waals surface area (Å²) in [4.78, 5) is 12.0. The quantitative estimate of drug-likeness (QED) is 0.734. The summed E-state index contributed by atoms with van der Waals surface area (Å²) >= 11 is 0. The van der Waals surface area contributed by atoms with E-state index in [1.54, 1.807) is 26.0 Å². The molecule has 20 heavy (non-hydrogen) atoms. The predicted molar refractivity (Wildman–Crippen MR) is 77.2 cm³/mol. The van der Waals surface area contributed by atoms with E-state index in [0.717, 1.165) is 5.56 Å². The zero-order valence-electron chi connectivity index (χ0n) is 11.9. The molecule has 1 unspecified atom stereocenters. The minimum Gasteiger partial charge on any atom is -0.349 e. The Morgan fingerprint density at radius 1 is 1.30 bits per heavy atom. The van der Waals surface area contributed by atoms with E-state index in [2.05, 4.69) is 5.32 Å². The summed E-state index contributed by atoms with van der Waals surface area (Å²) in [5.41, 5.74) is 5.69. The van der Waals surface area contributed by atoms with Crippen molar-refractivity contribution in [2.75, 3.05) is 6.54 Å². The van der Waals surface area contributed by atoms with E-state index in [4.69, 9.17) is 10.9 Å². The average Bonchev–Trinajstić information content (AvgIpc) is 2.37. The minimum absolute atomic E-state index is 0.0436. The minimum atomic E-state index is -3.70. The number of nitrogens with one attached hydrogen (secondary N) is 1. The lowest BCUT2D eigenvalue weighted by Gasteiger charge is -2.24. The summed E-state index contributed by atoms with van der Waals surface area (Å²) in [6.45, 7) is 5.59. The van der Waals surface area contributed by atoms with Crippen molar-refractivity contribution in [3.63, 3.8) is 0 Å². The second-order valence-electron chi connectivity index (χ2n) is 5.40. The van der Waals surface area contributed by atoms with Crippen molar-refractivity contribution in [2.24, 2.45) is 16.3 Å². The highest BCUT2D eigenvalue weighted by Gasteiger charge is 2.27. The van der Waals surface area contributed by atoms with E-state index in [-0.39, 0.29) is 23.4 Å². The topological polar surface area (TPSA) is 115 Å². The first kappa shape index (κ1) is 16.6. The molecular formula is C13H21N3O3S. The number of hydrogen-bond donors (Lipinski definition) is 3. The van der Waals surface area contributed by atoms with Gasteiger partial charge in [0.2, 0.25) is 15.9 Å². The van der Waals surface area contributed by atoms with Crippen LogP contribution in [0.1, 0.15) is 32.4 Å². The Balaban J connectivity index is 2.84. The number of carbonyl (C=O) groups is 1. The summed E-state index contributed by atoms with van der Waals surface area (Å²) in [7, 11) is -3.70. The lowest BCUT2D eigenvalue weighted by Crippen LogP contribution is -2.42. The predicted octanol–water partition coefficient (Wildman–Crippen LogP) is 0.496. The third-order valence-corrected chi connectivity index (χ3v) is 4.11. The van der Waals surface area contributed by atoms with E-state index in [9.17, 15) is 13.2 Å². The van der Waals surface area contributed by atoms with Crippen LogP contribution in [-0.2, 0) is 14.8 Å². The SMILES string of the molecule is CC(NC(=O)C(C)(C)CN)c1ccc(S(N)(=O)=O)cc1. The number of rotatable bonds is 5. The highest BCUT2D eigenvalue weighted by atomic mass is 32.2. The average molecular weight is 299 g/mol. The summed E-state index contributed by atoms with van der Waals surface area (Å²) in [5.74, 6) is -0.150. The molecule has 0 aliphatic carbocycles. The number of hydrogen-bond acceptors (Lipinski definition) is 4. The second-order valence-corrected chi connectivity index (χ2v) is 6.96. The van der Waals surface area contributed by atoms with Crippen molar-refractivity contribution < 1.29 is 13.2 Å². The molecule has 5 N–H and O–H groups in total. The fraction of sp³-hybridized carbons (Fsp3) is 0.462. The van der Waals surface area contributed by atoms with Crippen molar-refractivity contribution >= 4 is 15.9 Å². The normalized spacial score (nSPS) is 13.8. The van der Waals surface area contributed by atoms with Crippen molar-refractivity contribution in [3.05, 3.63) is 29.8 Å². The Labute approximate surface area is 119 Å². The molecule has 0 aromatic heterocycles. The van der Waals surface area contributed by atoms with Gasteiger partial charge in [0.15, 0.2) is 0 Å². The number of primary sulfonamides is 1. The maximum atomic E-state index is 12.0. The van der Waals surface area contributed by atoms with Gasteiger partial charge in [-0.25, -0.2) is 13.6 Å². The first-order valence-corrected chi connectivity index (χ1v) is 7.76. The molecule has 6 nitrogen and oxygen atoms in total. The molecule has 0 heterocycles. The molecule has 0 fully saturated rings. The van der Waals surface area contributed by atoms with Crippen LogP contribution in [0.15, 0.2) is 29.2 Å². The fourth-order valence-corrected chi connectivity index (χ4v) is 2.03. The van der Waals surface area contributed by atoms with Crippen LogP contribution in [-0.4, -0.2) is 20.9 Å². The molecule has 1 aromatic carbocycles. The molecule has 0 aliphatic rings. The number of amides is 1. The van der Waals surface area contributed by atoms with E-state index in [0.29, 0.717) is 0 Å². The lowest BCUT2D eigenvalue weighted by atomic mass is 9.92. The van der Waals surface area contributed by atoms with Gasteiger partial charge < -0.3 is 11.1 Å². The van der Waals surface area contributed by atoms with Gasteiger partial charge in [-0.05, 0) is 38.5 Å². The molecule has 1 rings (SSSR count). The molecule has 0 saturated heterocycles. The summed E-state index contributed by atoms with van der Waals surface area (Å²) < 4.78 is 22.3. The summed E-state index contributed by atoms with van der Waals surface area (Å²) in [6.07, 6.45) is 0. The highest BCUT2D eigenvalue weighted by Crippen LogP contribution is 2.19. The smallest absolute Gasteiger partial charge is 0.238 e. The molecule has 0 saturated carbocycles. The molecule has 0 radical (unpaired) electrons. The molecule has 0 spiro atoms. The zero-order valence-corrected chi connectivity index (χ0v) is 12.7. The van der Waals surface area contributed by atoms with Crippen LogP contribution in [0.3, 0.4) is 0 Å². The third kappa shape index (κ3) is 4.03. The molecule has 1 amide bonds. The maximum absolute atomic E-state index is 12.0. The standard InChI is InChI=1S/C13H21N3O3S/c1-9(16-12(17)13(2,3)8-14)10-4-6-11(7-5-10)20(15,18)19/h4-7,9H,8,14H2,1-3H3,(H,16,17)(H2,15,18,19). The second kappa shape index (κ2) is 5.90. The van der Waals surface area contributed by atoms with Gasteiger partial charge >= 0.3 is 0 Å². The number of nitrogens with two attached hydrogens (primary N) is 2. The Morgan fingerprint density at radius 2 is 1.80 bits per heavy atom. The summed E-state index contributed by atoms with van der Waals surface area (Å²) in [6, 6.07) is 5.84. The van der Waals surface area contributed by atoms with E-state index < -0.39 is 15.4 Å². The van der Waals surface area contributed by atoms with Crippen LogP contribution in [0.2, 0.25) is 0 Å². The van der Waals surface area contributed by atoms with Crippen molar-refractivity contribution in [1.82, 2.24) is 5.32 Å². The number of benzene rings is 1. The molecular weight excluding hydrogens is 278 g/mol. The van der Waals surface area contributed by atoms with Gasteiger partial charge in [-0.3, -0.25) is 4.79 Å². The van der Waals surface area contributed by atoms with Gasteiger partial charge in [-0.1, -0.05) is 12.1 Å². The maximum Gasteiger partial charge on any atom is 0.238 e. The lowest BCUT2D eigenvalue weighted by molar-refractivity contribution is -0.129. The molecule has 0 bridgehead atoms. The first-order chi connectivity index (χ1) is 9.08. The monoisotopic (exact) mass is 299 g/mol. The number of sulfonamides is 1. The Hall–Kier alpha value is -1.44. The first-order valence-electron chi connectivity index (χ1n) is 6.22. The van der Waals surface area contributed by atoms with Crippen LogP contribution in [0.25, 0.3) is 0 Å². The van der Waals surface area contributed by atoms with Crippen LogP contribution in [0.5, 0.6) is 0 Å². The largest absolute Gasteiger partial charge is 0.349 e. The Bertz CT molecular complexity index is 579. The van der Waals surface area contributed by atoms with Crippen LogP contribution in [0, 0.1) is 5.41 Å². The van der Waals surface area contributed by atoms with E-state index in [1.165, 1.54) is 12.1 Å². The molecule has 112 valence electrons. The van der Waals surface area contributed by atoms with Crippen LogP contribution < -0.4 is 16.2 Å². The van der Waals surface area contributed by atoms with Gasteiger partial charge in [0.25, 0.3) is 0 Å². The van der Waals surface area contributed by atoms with Gasteiger partial charge in [-0.2, -0.15) is 0 Å². The highest BCUT2D eigenvalue weighted by molar-refractivity contribution is 7.89. The zero-order chi connectivity index (χ0) is 15.6. The van der Waals surface area contributed by atoms with Crippen molar-refractivity contribution in [3.8, 4) is 0 Å². The molecule has 7 heteroatoms. The summed E-state index contributed by atoms with van der Waals surface area (Å²) in [5, 5.41) is 7.87.